The van der Waals surface area contributed by atoms with Crippen molar-refractivity contribution in [3.63, 3.8) is 0 Å². The third kappa shape index (κ3) is 2.40. The van der Waals surface area contributed by atoms with Gasteiger partial charge in [-0.15, -0.1) is 0 Å². The number of aryl methyl sites for hydroxylation is 2. The van der Waals surface area contributed by atoms with Crippen molar-refractivity contribution in [2.75, 3.05) is 5.32 Å². The lowest BCUT2D eigenvalue weighted by Gasteiger charge is -2.08. The highest BCUT2D eigenvalue weighted by molar-refractivity contribution is 5.93. The summed E-state index contributed by atoms with van der Waals surface area (Å²) in [6.45, 7) is 1.77. The van der Waals surface area contributed by atoms with Gasteiger partial charge in [0.05, 0.1) is 5.69 Å². The van der Waals surface area contributed by atoms with Gasteiger partial charge in [0.25, 0.3) is 0 Å². The first-order chi connectivity index (χ1) is 9.02. The molecule has 0 atom stereocenters. The van der Waals surface area contributed by atoms with E-state index in [2.05, 4.69) is 16.5 Å². The highest BCUT2D eigenvalue weighted by Gasteiger charge is 2.13. The summed E-state index contributed by atoms with van der Waals surface area (Å²) in [6.07, 6.45) is 0. The number of primary amides is 1. The van der Waals surface area contributed by atoms with Gasteiger partial charge in [-0.3, -0.25) is 9.48 Å². The Morgan fingerprint density at radius 3 is 2.89 bits per heavy atom. The molecule has 0 aliphatic carbocycles. The van der Waals surface area contributed by atoms with E-state index in [0.717, 1.165) is 0 Å². The minimum absolute atomic E-state index is 0.405. The molecule has 1 amide bonds. The smallest absolute Gasteiger partial charge is 0.248 e. The number of hydrogen-bond donors (Lipinski definition) is 2. The number of rotatable bonds is 3. The number of aromatic nitrogens is 2. The van der Waals surface area contributed by atoms with Crippen molar-refractivity contribution < 1.29 is 4.79 Å². The predicted molar refractivity (Wildman–Crippen MR) is 70.9 cm³/mol. The van der Waals surface area contributed by atoms with Crippen molar-refractivity contribution in [3.8, 4) is 6.07 Å². The van der Waals surface area contributed by atoms with Crippen LogP contribution in [0.3, 0.4) is 0 Å². The molecule has 0 radical (unpaired) electrons. The van der Waals surface area contributed by atoms with E-state index in [1.807, 2.05) is 0 Å². The Hall–Kier alpha value is -2.81. The summed E-state index contributed by atoms with van der Waals surface area (Å²) in [7, 11) is 1.74. The van der Waals surface area contributed by atoms with E-state index in [-0.39, 0.29) is 0 Å². The Bertz CT molecular complexity index is 681. The minimum Gasteiger partial charge on any atom is -0.366 e. The van der Waals surface area contributed by atoms with Gasteiger partial charge in [0.2, 0.25) is 5.91 Å². The van der Waals surface area contributed by atoms with Crippen molar-refractivity contribution in [3.05, 3.63) is 41.1 Å². The second kappa shape index (κ2) is 4.82. The van der Waals surface area contributed by atoms with Crippen LogP contribution in [0, 0.1) is 18.3 Å². The molecule has 1 heterocycles. The van der Waals surface area contributed by atoms with Gasteiger partial charge in [-0.25, -0.2) is 0 Å². The molecule has 2 rings (SSSR count). The fourth-order valence-electron chi connectivity index (χ4n) is 1.82. The Balaban J connectivity index is 2.39. The first-order valence-electron chi connectivity index (χ1n) is 5.63. The Labute approximate surface area is 110 Å². The first-order valence-corrected chi connectivity index (χ1v) is 5.63. The van der Waals surface area contributed by atoms with Gasteiger partial charge in [-0.2, -0.15) is 10.4 Å². The maximum Gasteiger partial charge on any atom is 0.248 e. The molecule has 0 fully saturated rings. The van der Waals surface area contributed by atoms with E-state index >= 15 is 0 Å². The van der Waals surface area contributed by atoms with E-state index in [9.17, 15) is 4.79 Å². The van der Waals surface area contributed by atoms with Crippen LogP contribution in [0.4, 0.5) is 11.5 Å². The van der Waals surface area contributed by atoms with Crippen LogP contribution >= 0.6 is 0 Å². The number of nitrogens with one attached hydrogen (secondary N) is 1. The summed E-state index contributed by atoms with van der Waals surface area (Å²) in [6, 6.07) is 8.88. The Kier molecular flexibility index (Phi) is 3.21. The van der Waals surface area contributed by atoms with Gasteiger partial charge in [0, 0.05) is 18.3 Å². The van der Waals surface area contributed by atoms with Gasteiger partial charge in [-0.1, -0.05) is 6.07 Å². The van der Waals surface area contributed by atoms with Crippen molar-refractivity contribution in [2.24, 2.45) is 12.8 Å². The molecule has 0 aliphatic rings. The van der Waals surface area contributed by atoms with Gasteiger partial charge >= 0.3 is 0 Å². The summed E-state index contributed by atoms with van der Waals surface area (Å²) in [4.78, 5) is 11.1. The topological polar surface area (TPSA) is 96.7 Å². The SMILES string of the molecule is Cc1nn(C)c(Nc2cccc(C(N)=O)c2)c1C#N. The molecule has 2 aromatic rings. The second-order valence-corrected chi connectivity index (χ2v) is 4.11. The van der Waals surface area contributed by atoms with Crippen LogP contribution in [0.5, 0.6) is 0 Å². The lowest BCUT2D eigenvalue weighted by molar-refractivity contribution is 0.100. The molecule has 6 nitrogen and oxygen atoms in total. The highest BCUT2D eigenvalue weighted by Crippen LogP contribution is 2.22. The number of carbonyl (C=O) groups excluding carboxylic acids is 1. The average Bonchev–Trinajstić information content (AvgIpc) is 2.64. The molecule has 1 aromatic heterocycles. The monoisotopic (exact) mass is 255 g/mol. The lowest BCUT2D eigenvalue weighted by Crippen LogP contribution is -2.11. The van der Waals surface area contributed by atoms with Crippen molar-refractivity contribution in [1.82, 2.24) is 9.78 Å². The molecule has 0 aliphatic heterocycles. The zero-order chi connectivity index (χ0) is 14.0. The number of carbonyl (C=O) groups is 1. The van der Waals surface area contributed by atoms with Crippen molar-refractivity contribution >= 4 is 17.4 Å². The summed E-state index contributed by atoms with van der Waals surface area (Å²) in [5.74, 6) is 0.0898. The van der Waals surface area contributed by atoms with E-state index < -0.39 is 5.91 Å². The zero-order valence-electron chi connectivity index (χ0n) is 10.6. The molecule has 19 heavy (non-hydrogen) atoms. The number of benzene rings is 1. The van der Waals surface area contributed by atoms with E-state index in [4.69, 9.17) is 11.0 Å². The average molecular weight is 255 g/mol. The number of nitrogens with zero attached hydrogens (tertiary/aromatic N) is 3. The Morgan fingerprint density at radius 2 is 2.26 bits per heavy atom. The third-order valence-corrected chi connectivity index (χ3v) is 2.74. The number of amides is 1. The van der Waals surface area contributed by atoms with Gasteiger partial charge in [-0.05, 0) is 25.1 Å². The molecular formula is C13H13N5O. The number of hydrogen-bond acceptors (Lipinski definition) is 4. The molecule has 96 valence electrons. The zero-order valence-corrected chi connectivity index (χ0v) is 10.6. The molecule has 3 N–H and O–H groups in total. The summed E-state index contributed by atoms with van der Waals surface area (Å²) in [5.41, 5.74) is 7.44. The fourth-order valence-corrected chi connectivity index (χ4v) is 1.82. The summed E-state index contributed by atoms with van der Waals surface area (Å²) in [5, 5.41) is 16.4. The van der Waals surface area contributed by atoms with E-state index in [0.29, 0.717) is 28.3 Å². The number of nitrogens with two attached hydrogens (primary N) is 1. The molecule has 0 spiro atoms. The molecule has 0 unspecified atom stereocenters. The van der Waals surface area contributed by atoms with Crippen LogP contribution in [-0.2, 0) is 7.05 Å². The van der Waals surface area contributed by atoms with E-state index in [1.54, 1.807) is 42.9 Å². The largest absolute Gasteiger partial charge is 0.366 e. The quantitative estimate of drug-likeness (QED) is 0.867. The normalized spacial score (nSPS) is 9.95. The maximum atomic E-state index is 11.1. The van der Waals surface area contributed by atoms with Crippen LogP contribution in [0.25, 0.3) is 0 Å². The number of anilines is 2. The molecular weight excluding hydrogens is 242 g/mol. The maximum absolute atomic E-state index is 11.1. The predicted octanol–water partition coefficient (Wildman–Crippen LogP) is 1.44. The first kappa shape index (κ1) is 12.6. The molecule has 0 saturated heterocycles. The van der Waals surface area contributed by atoms with Crippen molar-refractivity contribution in [2.45, 2.75) is 6.92 Å². The summed E-state index contributed by atoms with van der Waals surface area (Å²) >= 11 is 0. The van der Waals surface area contributed by atoms with Crippen LogP contribution in [0.15, 0.2) is 24.3 Å². The van der Waals surface area contributed by atoms with Crippen LogP contribution < -0.4 is 11.1 Å². The van der Waals surface area contributed by atoms with Crippen molar-refractivity contribution in [1.29, 1.82) is 5.26 Å². The van der Waals surface area contributed by atoms with Crippen LogP contribution in [0.1, 0.15) is 21.6 Å². The Morgan fingerprint density at radius 1 is 1.53 bits per heavy atom. The molecule has 6 heteroatoms. The van der Waals surface area contributed by atoms with Gasteiger partial charge < -0.3 is 11.1 Å². The lowest BCUT2D eigenvalue weighted by atomic mass is 10.2. The van der Waals surface area contributed by atoms with Gasteiger partial charge in [0.1, 0.15) is 17.5 Å². The fraction of sp³-hybridized carbons (Fsp3) is 0.154. The standard InChI is InChI=1S/C13H13N5O/c1-8-11(7-14)13(18(2)17-8)16-10-5-3-4-9(6-10)12(15)19/h3-6,16H,1-2H3,(H2,15,19). The molecule has 0 bridgehead atoms. The number of nitriles is 1. The third-order valence-electron chi connectivity index (χ3n) is 2.74. The minimum atomic E-state index is -0.495. The van der Waals surface area contributed by atoms with Crippen LogP contribution in [0.2, 0.25) is 0 Å². The highest BCUT2D eigenvalue weighted by atomic mass is 16.1. The molecule has 1 aromatic carbocycles. The second-order valence-electron chi connectivity index (χ2n) is 4.11. The summed E-state index contributed by atoms with van der Waals surface area (Å²) < 4.78 is 1.59. The van der Waals surface area contributed by atoms with E-state index in [1.165, 1.54) is 0 Å². The molecule has 0 saturated carbocycles. The van der Waals surface area contributed by atoms with Crippen LogP contribution in [-0.4, -0.2) is 15.7 Å². The van der Waals surface area contributed by atoms with Gasteiger partial charge in [0.15, 0.2) is 0 Å².